The summed E-state index contributed by atoms with van der Waals surface area (Å²) >= 11 is 3.21. The highest BCUT2D eigenvalue weighted by molar-refractivity contribution is 8.01. The molecule has 1 N–H and O–H groups in total. The summed E-state index contributed by atoms with van der Waals surface area (Å²) in [5.41, 5.74) is 1.22. The molecule has 0 saturated heterocycles. The molecule has 0 spiro atoms. The molecule has 0 aliphatic carbocycles. The van der Waals surface area contributed by atoms with Gasteiger partial charge in [-0.1, -0.05) is 53.4 Å². The topological polar surface area (TPSA) is 56.3 Å². The Hall–Kier alpha value is -2.25. The molecule has 0 atom stereocenters. The Balaban J connectivity index is 1.38. The van der Waals surface area contributed by atoms with E-state index in [-0.39, 0.29) is 0 Å². The van der Waals surface area contributed by atoms with Crippen molar-refractivity contribution in [3.8, 4) is 11.5 Å². The number of thioether (sulfide) groups is 1. The molecule has 1 heterocycles. The second kappa shape index (κ2) is 9.29. The summed E-state index contributed by atoms with van der Waals surface area (Å²) in [6, 6.07) is 17.8. The lowest BCUT2D eigenvalue weighted by molar-refractivity contribution is 0.342. The van der Waals surface area contributed by atoms with Crippen LogP contribution < -0.4 is 14.8 Å². The number of benzene rings is 2. The van der Waals surface area contributed by atoms with Crippen molar-refractivity contribution >= 4 is 28.2 Å². The minimum Gasteiger partial charge on any atom is -0.497 e. The third kappa shape index (κ3) is 5.65. The second-order valence-electron chi connectivity index (χ2n) is 5.08. The molecule has 0 saturated carbocycles. The third-order valence-corrected chi connectivity index (χ3v) is 5.31. The molecule has 7 heteroatoms. The van der Waals surface area contributed by atoms with Crippen molar-refractivity contribution in [3.63, 3.8) is 0 Å². The average Bonchev–Trinajstić information content (AvgIpc) is 3.13. The number of anilines is 1. The molecule has 2 aromatic carbocycles. The Kier molecular flexibility index (Phi) is 6.53. The highest BCUT2D eigenvalue weighted by atomic mass is 32.2. The number of nitrogens with zero attached hydrogens (tertiary/aromatic N) is 2. The quantitative estimate of drug-likeness (QED) is 0.445. The van der Waals surface area contributed by atoms with Gasteiger partial charge in [0.15, 0.2) is 4.34 Å². The van der Waals surface area contributed by atoms with Crippen LogP contribution in [-0.2, 0) is 6.54 Å². The van der Waals surface area contributed by atoms with Crippen molar-refractivity contribution in [1.29, 1.82) is 0 Å². The van der Waals surface area contributed by atoms with Crippen LogP contribution >= 0.6 is 23.1 Å². The van der Waals surface area contributed by atoms with Crippen LogP contribution in [0.15, 0.2) is 58.9 Å². The normalized spacial score (nSPS) is 10.4. The van der Waals surface area contributed by atoms with E-state index < -0.39 is 0 Å². The number of ether oxygens (including phenoxy) is 2. The number of methoxy groups -OCH3 is 1. The molecule has 0 radical (unpaired) electrons. The Morgan fingerprint density at radius 3 is 2.52 bits per heavy atom. The predicted octanol–water partition coefficient (Wildman–Crippen LogP) is 4.33. The first kappa shape index (κ1) is 17.6. The van der Waals surface area contributed by atoms with Gasteiger partial charge in [-0.2, -0.15) is 0 Å². The first-order valence-corrected chi connectivity index (χ1v) is 9.64. The predicted molar refractivity (Wildman–Crippen MR) is 103 cm³/mol. The van der Waals surface area contributed by atoms with Gasteiger partial charge in [0.2, 0.25) is 5.13 Å². The van der Waals surface area contributed by atoms with E-state index >= 15 is 0 Å². The van der Waals surface area contributed by atoms with Crippen LogP contribution in [0.1, 0.15) is 5.56 Å². The summed E-state index contributed by atoms with van der Waals surface area (Å²) in [6.07, 6.45) is 0. The van der Waals surface area contributed by atoms with Gasteiger partial charge in [0.25, 0.3) is 0 Å². The SMILES string of the molecule is COc1ccc(OCCSc2nnc(NCc3ccccc3)s2)cc1. The smallest absolute Gasteiger partial charge is 0.206 e. The van der Waals surface area contributed by atoms with Crippen LogP contribution in [0, 0.1) is 0 Å². The minimum absolute atomic E-state index is 0.614. The number of aromatic nitrogens is 2. The molecule has 3 aromatic rings. The maximum atomic E-state index is 5.70. The Morgan fingerprint density at radius 2 is 1.76 bits per heavy atom. The lowest BCUT2D eigenvalue weighted by Gasteiger charge is -2.05. The highest BCUT2D eigenvalue weighted by Gasteiger charge is 2.05. The van der Waals surface area contributed by atoms with E-state index in [2.05, 4.69) is 27.6 Å². The number of rotatable bonds is 9. The summed E-state index contributed by atoms with van der Waals surface area (Å²) in [4.78, 5) is 0. The van der Waals surface area contributed by atoms with Crippen molar-refractivity contribution in [2.24, 2.45) is 0 Å². The van der Waals surface area contributed by atoms with E-state index in [0.29, 0.717) is 6.61 Å². The van der Waals surface area contributed by atoms with Crippen molar-refractivity contribution in [3.05, 3.63) is 60.2 Å². The summed E-state index contributed by atoms with van der Waals surface area (Å²) in [5.74, 6) is 2.48. The van der Waals surface area contributed by atoms with E-state index in [0.717, 1.165) is 33.3 Å². The fourth-order valence-corrected chi connectivity index (χ4v) is 3.71. The fraction of sp³-hybridized carbons (Fsp3) is 0.222. The van der Waals surface area contributed by atoms with E-state index in [1.165, 1.54) is 5.56 Å². The zero-order valence-electron chi connectivity index (χ0n) is 13.8. The van der Waals surface area contributed by atoms with Gasteiger partial charge in [-0.15, -0.1) is 10.2 Å². The van der Waals surface area contributed by atoms with Gasteiger partial charge in [-0.25, -0.2) is 0 Å². The Bertz CT molecular complexity index is 764. The van der Waals surface area contributed by atoms with Crippen molar-refractivity contribution in [2.75, 3.05) is 24.8 Å². The third-order valence-electron chi connectivity index (χ3n) is 3.33. The monoisotopic (exact) mass is 373 g/mol. The molecule has 0 aliphatic rings. The molecule has 130 valence electrons. The largest absolute Gasteiger partial charge is 0.497 e. The van der Waals surface area contributed by atoms with E-state index in [4.69, 9.17) is 9.47 Å². The van der Waals surface area contributed by atoms with Crippen molar-refractivity contribution in [2.45, 2.75) is 10.9 Å². The molecule has 0 fully saturated rings. The van der Waals surface area contributed by atoms with Gasteiger partial charge < -0.3 is 14.8 Å². The van der Waals surface area contributed by atoms with Crippen LogP contribution in [0.5, 0.6) is 11.5 Å². The Morgan fingerprint density at radius 1 is 1.00 bits per heavy atom. The second-order valence-corrected chi connectivity index (χ2v) is 7.40. The van der Waals surface area contributed by atoms with Gasteiger partial charge in [0.1, 0.15) is 11.5 Å². The first-order chi connectivity index (χ1) is 12.3. The van der Waals surface area contributed by atoms with Gasteiger partial charge in [-0.3, -0.25) is 0 Å². The number of hydrogen-bond acceptors (Lipinski definition) is 7. The van der Waals surface area contributed by atoms with E-state index in [1.54, 1.807) is 30.2 Å². The molecule has 0 unspecified atom stereocenters. The summed E-state index contributed by atoms with van der Waals surface area (Å²) in [6.45, 7) is 1.37. The van der Waals surface area contributed by atoms with Crippen LogP contribution in [0.4, 0.5) is 5.13 Å². The maximum absolute atomic E-state index is 5.70. The van der Waals surface area contributed by atoms with Crippen LogP contribution in [0.2, 0.25) is 0 Å². The minimum atomic E-state index is 0.614. The van der Waals surface area contributed by atoms with E-state index in [9.17, 15) is 0 Å². The maximum Gasteiger partial charge on any atom is 0.206 e. The Labute approximate surface area is 155 Å². The van der Waals surface area contributed by atoms with Gasteiger partial charge in [-0.05, 0) is 29.8 Å². The molecule has 5 nitrogen and oxygen atoms in total. The number of hydrogen-bond donors (Lipinski definition) is 1. The van der Waals surface area contributed by atoms with Gasteiger partial charge >= 0.3 is 0 Å². The average molecular weight is 374 g/mol. The molecular weight excluding hydrogens is 354 g/mol. The summed E-state index contributed by atoms with van der Waals surface area (Å²) in [7, 11) is 1.65. The fourth-order valence-electron chi connectivity index (χ4n) is 2.07. The molecule has 1 aromatic heterocycles. The zero-order chi connectivity index (χ0) is 17.3. The van der Waals surface area contributed by atoms with Gasteiger partial charge in [0, 0.05) is 12.3 Å². The first-order valence-electron chi connectivity index (χ1n) is 7.84. The zero-order valence-corrected chi connectivity index (χ0v) is 15.5. The lowest BCUT2D eigenvalue weighted by atomic mass is 10.2. The van der Waals surface area contributed by atoms with E-state index in [1.807, 2.05) is 42.5 Å². The summed E-state index contributed by atoms with van der Waals surface area (Å²) < 4.78 is 11.8. The number of nitrogens with one attached hydrogen (secondary N) is 1. The van der Waals surface area contributed by atoms with Crippen molar-refractivity contribution < 1.29 is 9.47 Å². The lowest BCUT2D eigenvalue weighted by Crippen LogP contribution is -1.99. The molecule has 0 amide bonds. The molecule has 25 heavy (non-hydrogen) atoms. The van der Waals surface area contributed by atoms with Crippen LogP contribution in [-0.4, -0.2) is 29.7 Å². The molecule has 0 bridgehead atoms. The van der Waals surface area contributed by atoms with Gasteiger partial charge in [0.05, 0.1) is 13.7 Å². The highest BCUT2D eigenvalue weighted by Crippen LogP contribution is 2.26. The van der Waals surface area contributed by atoms with Crippen LogP contribution in [0.3, 0.4) is 0 Å². The standard InChI is InChI=1S/C18H19N3O2S2/c1-22-15-7-9-16(10-8-15)23-11-12-24-18-21-20-17(25-18)19-13-14-5-3-2-4-6-14/h2-10H,11-13H2,1H3,(H,19,20). The molecule has 3 rings (SSSR count). The van der Waals surface area contributed by atoms with Crippen molar-refractivity contribution in [1.82, 2.24) is 10.2 Å². The van der Waals surface area contributed by atoms with Crippen LogP contribution in [0.25, 0.3) is 0 Å². The molecular formula is C18H19N3O2S2. The summed E-state index contributed by atoms with van der Waals surface area (Å²) in [5, 5.41) is 12.5. The molecule has 0 aliphatic heterocycles.